The van der Waals surface area contributed by atoms with Crippen LogP contribution in [0.4, 0.5) is 0 Å². The summed E-state index contributed by atoms with van der Waals surface area (Å²) in [5.74, 6) is 0. The van der Waals surface area contributed by atoms with Crippen LogP contribution in [-0.4, -0.2) is 13.2 Å². The molecule has 1 heterocycles. The minimum absolute atomic E-state index is 0.500. The van der Waals surface area contributed by atoms with Gasteiger partial charge in [-0.25, -0.2) is 0 Å². The predicted molar refractivity (Wildman–Crippen MR) is 49.9 cm³/mol. The molecule has 2 fully saturated rings. The van der Waals surface area contributed by atoms with E-state index in [0.29, 0.717) is 5.41 Å². The fraction of sp³-hybridized carbons (Fsp3) is 0.909. The first-order valence-corrected chi connectivity index (χ1v) is 5.33. The summed E-state index contributed by atoms with van der Waals surface area (Å²) < 4.78 is 5.50. The molecule has 1 heteroatoms. The largest absolute Gasteiger partial charge is 0.381 e. The molecule has 0 aromatic carbocycles. The minimum Gasteiger partial charge on any atom is -0.381 e. The van der Waals surface area contributed by atoms with Crippen molar-refractivity contribution >= 4 is 0 Å². The zero-order valence-electron chi connectivity index (χ0n) is 7.85. The van der Waals surface area contributed by atoms with E-state index in [1.807, 2.05) is 0 Å². The molecule has 1 saturated heterocycles. The van der Waals surface area contributed by atoms with E-state index in [1.165, 1.54) is 44.9 Å². The maximum absolute atomic E-state index is 5.50. The smallest absolute Gasteiger partial charge is 0.0526 e. The third-order valence-corrected chi connectivity index (χ3v) is 3.34. The Kier molecular flexibility index (Phi) is 2.69. The summed E-state index contributed by atoms with van der Waals surface area (Å²) in [6, 6.07) is 0. The average molecular weight is 167 g/mol. The van der Waals surface area contributed by atoms with Crippen LogP contribution in [0.5, 0.6) is 0 Å². The second-order valence-electron chi connectivity index (χ2n) is 4.32. The van der Waals surface area contributed by atoms with E-state index in [-0.39, 0.29) is 0 Å². The summed E-state index contributed by atoms with van der Waals surface area (Å²) in [6.07, 6.45) is 12.2. The van der Waals surface area contributed by atoms with Gasteiger partial charge in [-0.1, -0.05) is 25.7 Å². The van der Waals surface area contributed by atoms with Crippen LogP contribution in [0.3, 0.4) is 0 Å². The van der Waals surface area contributed by atoms with Crippen molar-refractivity contribution in [2.45, 2.75) is 44.9 Å². The van der Waals surface area contributed by atoms with Crippen molar-refractivity contribution in [3.63, 3.8) is 0 Å². The molecule has 1 aliphatic heterocycles. The second kappa shape index (κ2) is 3.78. The average Bonchev–Trinajstić information content (AvgIpc) is 2.47. The van der Waals surface area contributed by atoms with Crippen molar-refractivity contribution in [2.75, 3.05) is 13.2 Å². The number of hydrogen-bond donors (Lipinski definition) is 0. The van der Waals surface area contributed by atoms with Gasteiger partial charge in [0.1, 0.15) is 0 Å². The Bertz CT molecular complexity index is 126. The first kappa shape index (κ1) is 8.55. The van der Waals surface area contributed by atoms with Crippen LogP contribution in [0, 0.1) is 11.8 Å². The zero-order chi connectivity index (χ0) is 8.28. The van der Waals surface area contributed by atoms with Crippen LogP contribution in [-0.2, 0) is 4.74 Å². The summed E-state index contributed by atoms with van der Waals surface area (Å²) in [7, 11) is 0. The highest BCUT2D eigenvalue weighted by atomic mass is 16.5. The first-order chi connectivity index (χ1) is 5.91. The lowest BCUT2D eigenvalue weighted by Gasteiger charge is -2.28. The molecule has 1 spiro atoms. The highest BCUT2D eigenvalue weighted by Crippen LogP contribution is 2.39. The molecule has 0 amide bonds. The Morgan fingerprint density at radius 3 is 2.75 bits per heavy atom. The summed E-state index contributed by atoms with van der Waals surface area (Å²) in [5.41, 5.74) is 0.500. The molecule has 0 aromatic heterocycles. The van der Waals surface area contributed by atoms with Crippen LogP contribution < -0.4 is 0 Å². The van der Waals surface area contributed by atoms with Crippen molar-refractivity contribution in [3.05, 3.63) is 6.42 Å². The van der Waals surface area contributed by atoms with E-state index >= 15 is 0 Å². The van der Waals surface area contributed by atoms with Crippen LogP contribution in [0.15, 0.2) is 0 Å². The Balaban J connectivity index is 1.92. The molecule has 2 rings (SSSR count). The summed E-state index contributed by atoms with van der Waals surface area (Å²) >= 11 is 0. The molecule has 69 valence electrons. The summed E-state index contributed by atoms with van der Waals surface area (Å²) in [5, 5.41) is 0. The monoisotopic (exact) mass is 167 g/mol. The standard InChI is InChI=1S/C11H19O/c1-2-4-6-11(7-5-3-1)8-9-12-10-11/h6H,1-5,7-10H2. The van der Waals surface area contributed by atoms with Crippen molar-refractivity contribution < 1.29 is 4.74 Å². The molecule has 0 bridgehead atoms. The van der Waals surface area contributed by atoms with Crippen molar-refractivity contribution in [1.29, 1.82) is 0 Å². The highest BCUT2D eigenvalue weighted by molar-refractivity contribution is 4.95. The van der Waals surface area contributed by atoms with Crippen LogP contribution in [0.25, 0.3) is 0 Å². The topological polar surface area (TPSA) is 9.23 Å². The molecule has 1 saturated carbocycles. The summed E-state index contributed by atoms with van der Waals surface area (Å²) in [4.78, 5) is 0. The molecule has 1 unspecified atom stereocenters. The SMILES string of the molecule is [CH]1CCCCCCC12CCOC2. The van der Waals surface area contributed by atoms with Crippen LogP contribution in [0.2, 0.25) is 0 Å². The van der Waals surface area contributed by atoms with Gasteiger partial charge >= 0.3 is 0 Å². The molecular formula is C11H19O. The quantitative estimate of drug-likeness (QED) is 0.539. The van der Waals surface area contributed by atoms with Gasteiger partial charge in [0.15, 0.2) is 0 Å². The third-order valence-electron chi connectivity index (χ3n) is 3.34. The fourth-order valence-electron chi connectivity index (χ4n) is 2.47. The van der Waals surface area contributed by atoms with E-state index in [4.69, 9.17) is 4.74 Å². The molecule has 12 heavy (non-hydrogen) atoms. The Hall–Kier alpha value is -0.0400. The number of rotatable bonds is 0. The maximum atomic E-state index is 5.50. The van der Waals surface area contributed by atoms with Gasteiger partial charge in [0, 0.05) is 6.61 Å². The number of hydrogen-bond acceptors (Lipinski definition) is 1. The molecule has 1 radical (unpaired) electrons. The molecule has 1 atom stereocenters. The molecular weight excluding hydrogens is 148 g/mol. The lowest BCUT2D eigenvalue weighted by Crippen LogP contribution is -2.22. The zero-order valence-corrected chi connectivity index (χ0v) is 7.85. The van der Waals surface area contributed by atoms with Gasteiger partial charge in [-0.05, 0) is 31.1 Å². The van der Waals surface area contributed by atoms with E-state index in [1.54, 1.807) is 0 Å². The highest BCUT2D eigenvalue weighted by Gasteiger charge is 2.34. The Morgan fingerprint density at radius 2 is 1.92 bits per heavy atom. The lowest BCUT2D eigenvalue weighted by atomic mass is 9.76. The molecule has 1 aliphatic carbocycles. The van der Waals surface area contributed by atoms with Crippen molar-refractivity contribution in [3.8, 4) is 0 Å². The van der Waals surface area contributed by atoms with E-state index in [9.17, 15) is 0 Å². The Labute approximate surface area is 75.5 Å². The minimum atomic E-state index is 0.500. The van der Waals surface area contributed by atoms with E-state index in [0.717, 1.165) is 13.2 Å². The summed E-state index contributed by atoms with van der Waals surface area (Å²) in [6.45, 7) is 2.00. The van der Waals surface area contributed by atoms with Crippen molar-refractivity contribution in [2.24, 2.45) is 5.41 Å². The molecule has 0 N–H and O–H groups in total. The third kappa shape index (κ3) is 1.82. The van der Waals surface area contributed by atoms with E-state index < -0.39 is 0 Å². The van der Waals surface area contributed by atoms with Crippen LogP contribution in [0.1, 0.15) is 44.9 Å². The first-order valence-electron chi connectivity index (χ1n) is 5.33. The normalized spacial score (nSPS) is 30.0. The van der Waals surface area contributed by atoms with Gasteiger partial charge in [0.2, 0.25) is 0 Å². The Morgan fingerprint density at radius 1 is 1.00 bits per heavy atom. The maximum Gasteiger partial charge on any atom is 0.0526 e. The predicted octanol–water partition coefficient (Wildman–Crippen LogP) is 2.95. The second-order valence-corrected chi connectivity index (χ2v) is 4.32. The molecule has 0 aromatic rings. The van der Waals surface area contributed by atoms with Gasteiger partial charge in [-0.15, -0.1) is 0 Å². The van der Waals surface area contributed by atoms with Gasteiger partial charge in [-0.2, -0.15) is 0 Å². The van der Waals surface area contributed by atoms with Gasteiger partial charge in [0.05, 0.1) is 6.61 Å². The van der Waals surface area contributed by atoms with Gasteiger partial charge in [-0.3, -0.25) is 0 Å². The number of ether oxygens (including phenoxy) is 1. The van der Waals surface area contributed by atoms with Crippen LogP contribution >= 0.6 is 0 Å². The lowest BCUT2D eigenvalue weighted by molar-refractivity contribution is 0.155. The van der Waals surface area contributed by atoms with Gasteiger partial charge in [0.25, 0.3) is 0 Å². The molecule has 1 nitrogen and oxygen atoms in total. The molecule has 2 aliphatic rings. The fourth-order valence-corrected chi connectivity index (χ4v) is 2.47. The van der Waals surface area contributed by atoms with Gasteiger partial charge < -0.3 is 4.74 Å². The van der Waals surface area contributed by atoms with E-state index in [2.05, 4.69) is 6.42 Å². The van der Waals surface area contributed by atoms with Crippen molar-refractivity contribution in [1.82, 2.24) is 0 Å².